The molecule has 0 heterocycles. The van der Waals surface area contributed by atoms with Gasteiger partial charge >= 0.3 is 19.8 Å². The van der Waals surface area contributed by atoms with Crippen molar-refractivity contribution in [1.29, 1.82) is 0 Å². The molecule has 0 aromatic rings. The van der Waals surface area contributed by atoms with E-state index in [2.05, 4.69) is 25.6 Å². The summed E-state index contributed by atoms with van der Waals surface area (Å²) in [5.74, 6) is 3.16. The molecule has 0 saturated heterocycles. The van der Waals surface area contributed by atoms with Gasteiger partial charge < -0.3 is 19.7 Å². The second kappa shape index (κ2) is 24.4. The van der Waals surface area contributed by atoms with Gasteiger partial charge in [0, 0.05) is 13.2 Å². The minimum Gasteiger partial charge on any atom is -0.476 e. The zero-order chi connectivity index (χ0) is 28.6. The molecular weight excluding hydrogens is 531 g/mol. The summed E-state index contributed by atoms with van der Waals surface area (Å²) in [5, 5.41) is 16.1. The number of rotatable bonds is 26. The second-order valence-electron chi connectivity index (χ2n) is 11.7. The first kappa shape index (κ1) is 36.8. The molecule has 1 saturated carbocycles. The number of hydrogen-bond acceptors (Lipinski definition) is 6. The second-order valence-corrected chi connectivity index (χ2v) is 13.9. The number of unbranched alkanes of at least 4 members (excludes halogenated alkanes) is 7. The predicted octanol–water partition coefficient (Wildman–Crippen LogP) is 8.62. The van der Waals surface area contributed by atoms with Gasteiger partial charge in [0.2, 0.25) is 0 Å². The monoisotopic (exact) mass is 591 g/mol. The van der Waals surface area contributed by atoms with Crippen molar-refractivity contribution in [3.63, 3.8) is 0 Å². The van der Waals surface area contributed by atoms with E-state index in [1.165, 1.54) is 121 Å². The van der Waals surface area contributed by atoms with Gasteiger partial charge in [-0.1, -0.05) is 108 Å². The first-order valence-electron chi connectivity index (χ1n) is 16.0. The number of carboxylic acid groups (broad SMARTS) is 1. The topological polar surface area (TPSA) is 93.1 Å². The fraction of sp³-hybridized carbons (Fsp3) is 0.968. The number of aliphatic hydroxyl groups is 1. The molecule has 2 N–H and O–H groups in total. The lowest BCUT2D eigenvalue weighted by atomic mass is 9.81. The van der Waals surface area contributed by atoms with Gasteiger partial charge in [-0.2, -0.15) is 11.8 Å². The Kier molecular flexibility index (Phi) is 23.0. The van der Waals surface area contributed by atoms with E-state index >= 15 is 0 Å². The Hall–Kier alpha value is -0.200. The van der Waals surface area contributed by atoms with Crippen LogP contribution in [0.3, 0.4) is 0 Å². The van der Waals surface area contributed by atoms with E-state index in [0.29, 0.717) is 13.0 Å². The average molecular weight is 592 g/mol. The number of carboxylic acids is 1. The Bertz CT molecular complexity index is 602. The summed E-state index contributed by atoms with van der Waals surface area (Å²) < 4.78 is 21.8. The minimum atomic E-state index is -2.31. The van der Waals surface area contributed by atoms with Crippen molar-refractivity contribution in [2.24, 2.45) is 11.8 Å². The fourth-order valence-electron chi connectivity index (χ4n) is 5.62. The highest BCUT2D eigenvalue weighted by atomic mass is 32.2. The van der Waals surface area contributed by atoms with Crippen molar-refractivity contribution in [1.82, 2.24) is 0 Å². The smallest absolute Gasteiger partial charge is 0.390 e. The Morgan fingerprint density at radius 2 is 1.56 bits per heavy atom. The standard InChI is InChI=1S/C31H59O6PS/c1-3-4-11-18-29(28-19-13-8-9-14-20-28)21-25-39-24-15-10-6-5-7-12-17-27(2)37-23-16-22-36-26-31(34,38-35)30(32)33/h27-29,34H,3-26H2,1-2H3,(H,32,33)/p+1. The van der Waals surface area contributed by atoms with Crippen LogP contribution in [0.5, 0.6) is 0 Å². The Morgan fingerprint density at radius 3 is 2.23 bits per heavy atom. The number of ether oxygens (including phenoxy) is 2. The quantitative estimate of drug-likeness (QED) is 0.0591. The Morgan fingerprint density at radius 1 is 0.897 bits per heavy atom. The van der Waals surface area contributed by atoms with Gasteiger partial charge in [0.25, 0.3) is 0 Å². The van der Waals surface area contributed by atoms with Crippen LogP contribution in [0.2, 0.25) is 0 Å². The molecule has 230 valence electrons. The number of thioether (sulfide) groups is 1. The van der Waals surface area contributed by atoms with Gasteiger partial charge in [-0.3, -0.25) is 0 Å². The molecule has 0 spiro atoms. The normalized spacial score (nSPS) is 18.0. The van der Waals surface area contributed by atoms with Crippen LogP contribution in [0.25, 0.3) is 0 Å². The molecule has 1 rings (SSSR count). The third kappa shape index (κ3) is 18.8. The average Bonchev–Trinajstić information content (AvgIpc) is 3.22. The number of aliphatic carboxylic acids is 1. The largest absolute Gasteiger partial charge is 0.476 e. The van der Waals surface area contributed by atoms with Crippen LogP contribution >= 0.6 is 20.2 Å². The Labute approximate surface area is 245 Å². The molecule has 0 aromatic heterocycles. The summed E-state index contributed by atoms with van der Waals surface area (Å²) in [6.45, 7) is 4.74. The van der Waals surface area contributed by atoms with Gasteiger partial charge in [0.1, 0.15) is 6.61 Å². The maximum atomic E-state index is 10.9. The van der Waals surface area contributed by atoms with Gasteiger partial charge in [-0.25, -0.2) is 4.79 Å². The zero-order valence-corrected chi connectivity index (χ0v) is 27.0. The Balaban J connectivity index is 1.96. The van der Waals surface area contributed by atoms with Crippen molar-refractivity contribution < 1.29 is 29.0 Å². The van der Waals surface area contributed by atoms with Crippen molar-refractivity contribution >= 4 is 26.2 Å². The molecular formula is C31H60O6PS+. The SMILES string of the molecule is CCCCCC(CCSCCCCCCCCC(C)OCCCOCC(O)([PH+]=O)C(=O)O)C1CCCCCC1. The summed E-state index contributed by atoms with van der Waals surface area (Å²) in [6, 6.07) is 0. The van der Waals surface area contributed by atoms with Gasteiger partial charge in [-0.15, -0.1) is 0 Å². The fourth-order valence-corrected chi connectivity index (χ4v) is 6.95. The summed E-state index contributed by atoms with van der Waals surface area (Å²) in [5.41, 5.74) is 0. The van der Waals surface area contributed by atoms with Gasteiger partial charge in [0.15, 0.2) is 0 Å². The van der Waals surface area contributed by atoms with E-state index in [9.17, 15) is 14.5 Å². The summed E-state index contributed by atoms with van der Waals surface area (Å²) in [6.07, 6.45) is 25.6. The first-order chi connectivity index (χ1) is 18.9. The van der Waals surface area contributed by atoms with Crippen molar-refractivity contribution in [2.45, 2.75) is 147 Å². The molecule has 4 unspecified atom stereocenters. The molecule has 1 fully saturated rings. The van der Waals surface area contributed by atoms with Crippen LogP contribution in [0.4, 0.5) is 0 Å². The third-order valence-corrected chi connectivity index (χ3v) is 9.99. The highest BCUT2D eigenvalue weighted by molar-refractivity contribution is 7.99. The van der Waals surface area contributed by atoms with E-state index in [-0.39, 0.29) is 12.7 Å². The van der Waals surface area contributed by atoms with Gasteiger partial charge in [-0.05, 0) is 55.9 Å². The number of carbonyl (C=O) groups is 1. The highest BCUT2D eigenvalue weighted by Crippen LogP contribution is 2.34. The lowest BCUT2D eigenvalue weighted by Crippen LogP contribution is -2.37. The van der Waals surface area contributed by atoms with E-state index in [1.54, 1.807) is 0 Å². The molecule has 6 nitrogen and oxygen atoms in total. The molecule has 39 heavy (non-hydrogen) atoms. The summed E-state index contributed by atoms with van der Waals surface area (Å²) >= 11 is 2.20. The summed E-state index contributed by atoms with van der Waals surface area (Å²) in [7, 11) is -1.36. The van der Waals surface area contributed by atoms with E-state index in [4.69, 9.17) is 14.6 Å². The molecule has 0 aliphatic heterocycles. The third-order valence-electron chi connectivity index (χ3n) is 8.20. The molecule has 4 atom stereocenters. The minimum absolute atomic E-state index is 0.198. The molecule has 0 aromatic carbocycles. The lowest BCUT2D eigenvalue weighted by Gasteiger charge is -2.26. The van der Waals surface area contributed by atoms with Crippen LogP contribution in [0, 0.1) is 11.8 Å². The van der Waals surface area contributed by atoms with Crippen LogP contribution < -0.4 is 0 Å². The molecule has 0 bridgehead atoms. The van der Waals surface area contributed by atoms with Gasteiger partial charge in [0.05, 0.1) is 6.10 Å². The molecule has 0 radical (unpaired) electrons. The zero-order valence-electron chi connectivity index (χ0n) is 25.1. The molecule has 0 amide bonds. The van der Waals surface area contributed by atoms with Crippen LogP contribution in [0.1, 0.15) is 136 Å². The molecule has 1 aliphatic rings. The maximum Gasteiger partial charge on any atom is 0.390 e. The van der Waals surface area contributed by atoms with Crippen LogP contribution in [-0.4, -0.2) is 59.0 Å². The lowest BCUT2D eigenvalue weighted by molar-refractivity contribution is -0.154. The van der Waals surface area contributed by atoms with Crippen molar-refractivity contribution in [2.75, 3.05) is 31.3 Å². The van der Waals surface area contributed by atoms with E-state index in [0.717, 1.165) is 18.3 Å². The number of hydrogen-bond donors (Lipinski definition) is 2. The van der Waals surface area contributed by atoms with E-state index in [1.807, 2.05) is 0 Å². The highest BCUT2D eigenvalue weighted by Gasteiger charge is 2.46. The summed E-state index contributed by atoms with van der Waals surface area (Å²) in [4.78, 5) is 10.9. The first-order valence-corrected chi connectivity index (χ1v) is 18.1. The van der Waals surface area contributed by atoms with Crippen LogP contribution in [-0.2, 0) is 18.8 Å². The van der Waals surface area contributed by atoms with Crippen molar-refractivity contribution in [3.8, 4) is 0 Å². The molecule has 8 heteroatoms. The molecule has 1 aliphatic carbocycles. The van der Waals surface area contributed by atoms with Crippen LogP contribution in [0.15, 0.2) is 0 Å². The predicted molar refractivity (Wildman–Crippen MR) is 166 cm³/mol. The van der Waals surface area contributed by atoms with E-state index < -0.39 is 26.4 Å². The maximum absolute atomic E-state index is 10.9. The van der Waals surface area contributed by atoms with Crippen molar-refractivity contribution in [3.05, 3.63) is 0 Å².